The van der Waals surface area contributed by atoms with Crippen molar-refractivity contribution in [1.29, 1.82) is 0 Å². The Morgan fingerprint density at radius 1 is 0.905 bits per heavy atom. The normalized spacial score (nSPS) is 11.5. The Morgan fingerprint density at radius 2 is 1.43 bits per heavy atom. The zero-order valence-electron chi connectivity index (χ0n) is 11.7. The SMILES string of the molecule is CC(=O)Nc1ccc(NC(=O)C(N)c2ccccc2)cc1. The summed E-state index contributed by atoms with van der Waals surface area (Å²) < 4.78 is 0. The van der Waals surface area contributed by atoms with E-state index in [0.717, 1.165) is 5.56 Å². The van der Waals surface area contributed by atoms with Crippen LogP contribution in [0.2, 0.25) is 0 Å². The van der Waals surface area contributed by atoms with E-state index in [9.17, 15) is 9.59 Å². The van der Waals surface area contributed by atoms with Gasteiger partial charge in [0.2, 0.25) is 11.8 Å². The molecule has 4 N–H and O–H groups in total. The van der Waals surface area contributed by atoms with Gasteiger partial charge in [0.1, 0.15) is 6.04 Å². The molecule has 0 aliphatic carbocycles. The number of benzene rings is 2. The van der Waals surface area contributed by atoms with Crippen LogP contribution in [-0.4, -0.2) is 11.8 Å². The first kappa shape index (κ1) is 14.7. The van der Waals surface area contributed by atoms with E-state index >= 15 is 0 Å². The van der Waals surface area contributed by atoms with E-state index in [1.807, 2.05) is 30.3 Å². The largest absolute Gasteiger partial charge is 0.326 e. The first-order valence-corrected chi connectivity index (χ1v) is 6.55. The second kappa shape index (κ2) is 6.67. The molecule has 1 atom stereocenters. The summed E-state index contributed by atoms with van der Waals surface area (Å²) in [4.78, 5) is 23.0. The Labute approximate surface area is 123 Å². The standard InChI is InChI=1S/C16H17N3O2/c1-11(20)18-13-7-9-14(10-8-13)19-16(21)15(17)12-5-3-2-4-6-12/h2-10,15H,17H2,1H3,(H,18,20)(H,19,21). The molecule has 0 radical (unpaired) electrons. The second-order valence-electron chi connectivity index (χ2n) is 4.64. The molecule has 0 saturated heterocycles. The molecule has 5 heteroatoms. The third-order valence-corrected chi connectivity index (χ3v) is 2.91. The van der Waals surface area contributed by atoms with Crippen molar-refractivity contribution in [2.45, 2.75) is 13.0 Å². The fourth-order valence-corrected chi connectivity index (χ4v) is 1.87. The molecule has 1 unspecified atom stereocenters. The predicted octanol–water partition coefficient (Wildman–Crippen LogP) is 2.28. The van der Waals surface area contributed by atoms with Crippen LogP contribution in [0.3, 0.4) is 0 Å². The lowest BCUT2D eigenvalue weighted by atomic mass is 10.1. The molecule has 2 aromatic carbocycles. The van der Waals surface area contributed by atoms with E-state index in [2.05, 4.69) is 10.6 Å². The third-order valence-electron chi connectivity index (χ3n) is 2.91. The summed E-state index contributed by atoms with van der Waals surface area (Å²) in [6.07, 6.45) is 0. The molecule has 2 amide bonds. The Bertz CT molecular complexity index is 624. The van der Waals surface area contributed by atoms with Crippen LogP contribution in [0.4, 0.5) is 11.4 Å². The van der Waals surface area contributed by atoms with E-state index in [4.69, 9.17) is 5.73 Å². The summed E-state index contributed by atoms with van der Waals surface area (Å²) in [6, 6.07) is 15.3. The van der Waals surface area contributed by atoms with Crippen molar-refractivity contribution in [2.24, 2.45) is 5.73 Å². The van der Waals surface area contributed by atoms with Crippen molar-refractivity contribution in [1.82, 2.24) is 0 Å². The molecule has 0 saturated carbocycles. The molecule has 2 rings (SSSR count). The Hall–Kier alpha value is -2.66. The number of hydrogen-bond acceptors (Lipinski definition) is 3. The lowest BCUT2D eigenvalue weighted by molar-refractivity contribution is -0.117. The highest BCUT2D eigenvalue weighted by Gasteiger charge is 2.15. The van der Waals surface area contributed by atoms with Crippen LogP contribution in [0.5, 0.6) is 0 Å². The van der Waals surface area contributed by atoms with Crippen LogP contribution < -0.4 is 16.4 Å². The number of rotatable bonds is 4. The van der Waals surface area contributed by atoms with Gasteiger partial charge in [0, 0.05) is 18.3 Å². The molecular weight excluding hydrogens is 266 g/mol. The van der Waals surface area contributed by atoms with Gasteiger partial charge >= 0.3 is 0 Å². The fourth-order valence-electron chi connectivity index (χ4n) is 1.87. The quantitative estimate of drug-likeness (QED) is 0.805. The minimum absolute atomic E-state index is 0.141. The smallest absolute Gasteiger partial charge is 0.245 e. The zero-order chi connectivity index (χ0) is 15.2. The van der Waals surface area contributed by atoms with E-state index in [1.165, 1.54) is 6.92 Å². The average molecular weight is 283 g/mol. The van der Waals surface area contributed by atoms with E-state index in [0.29, 0.717) is 11.4 Å². The van der Waals surface area contributed by atoms with Crippen LogP contribution in [0.15, 0.2) is 54.6 Å². The lowest BCUT2D eigenvalue weighted by Gasteiger charge is -2.13. The van der Waals surface area contributed by atoms with E-state index in [1.54, 1.807) is 24.3 Å². The van der Waals surface area contributed by atoms with Gasteiger partial charge in [0.05, 0.1) is 0 Å². The summed E-state index contributed by atoms with van der Waals surface area (Å²) in [5.41, 5.74) is 7.97. The maximum Gasteiger partial charge on any atom is 0.245 e. The summed E-state index contributed by atoms with van der Waals surface area (Å²) >= 11 is 0. The van der Waals surface area contributed by atoms with Gasteiger partial charge in [-0.2, -0.15) is 0 Å². The molecular formula is C16H17N3O2. The molecule has 0 bridgehead atoms. The van der Waals surface area contributed by atoms with Crippen molar-refractivity contribution < 1.29 is 9.59 Å². The number of amides is 2. The van der Waals surface area contributed by atoms with E-state index in [-0.39, 0.29) is 11.8 Å². The minimum atomic E-state index is -0.721. The Morgan fingerprint density at radius 3 is 1.95 bits per heavy atom. The first-order chi connectivity index (χ1) is 10.1. The maximum absolute atomic E-state index is 12.1. The molecule has 0 aliphatic rings. The lowest BCUT2D eigenvalue weighted by Crippen LogP contribution is -2.27. The molecule has 0 aromatic heterocycles. The van der Waals surface area contributed by atoms with Crippen molar-refractivity contribution in [3.8, 4) is 0 Å². The first-order valence-electron chi connectivity index (χ1n) is 6.55. The van der Waals surface area contributed by atoms with Crippen LogP contribution >= 0.6 is 0 Å². The van der Waals surface area contributed by atoms with Gasteiger partial charge in [-0.1, -0.05) is 30.3 Å². The number of anilines is 2. The number of carbonyl (C=O) groups is 2. The highest BCUT2D eigenvalue weighted by atomic mass is 16.2. The number of nitrogens with one attached hydrogen (secondary N) is 2. The van der Waals surface area contributed by atoms with Crippen molar-refractivity contribution in [2.75, 3.05) is 10.6 Å². The highest BCUT2D eigenvalue weighted by molar-refractivity contribution is 5.96. The average Bonchev–Trinajstić information content (AvgIpc) is 2.49. The molecule has 5 nitrogen and oxygen atoms in total. The molecule has 0 heterocycles. The van der Waals surface area contributed by atoms with Gasteiger partial charge in [-0.15, -0.1) is 0 Å². The second-order valence-corrected chi connectivity index (χ2v) is 4.64. The summed E-state index contributed by atoms with van der Waals surface area (Å²) in [5.74, 6) is -0.425. The maximum atomic E-state index is 12.1. The van der Waals surface area contributed by atoms with Crippen LogP contribution in [0.25, 0.3) is 0 Å². The number of hydrogen-bond donors (Lipinski definition) is 3. The fraction of sp³-hybridized carbons (Fsp3) is 0.125. The summed E-state index contributed by atoms with van der Waals surface area (Å²) in [6.45, 7) is 1.44. The van der Waals surface area contributed by atoms with Gasteiger partial charge in [0.15, 0.2) is 0 Å². The third kappa shape index (κ3) is 4.15. The topological polar surface area (TPSA) is 84.2 Å². The zero-order valence-corrected chi connectivity index (χ0v) is 11.7. The minimum Gasteiger partial charge on any atom is -0.326 e. The van der Waals surface area contributed by atoms with Crippen molar-refractivity contribution in [3.05, 3.63) is 60.2 Å². The number of nitrogens with two attached hydrogens (primary N) is 1. The van der Waals surface area contributed by atoms with Crippen LogP contribution in [0, 0.1) is 0 Å². The molecule has 0 fully saturated rings. The van der Waals surface area contributed by atoms with Gasteiger partial charge in [0.25, 0.3) is 0 Å². The van der Waals surface area contributed by atoms with E-state index < -0.39 is 6.04 Å². The van der Waals surface area contributed by atoms with Gasteiger partial charge in [-0.05, 0) is 29.8 Å². The van der Waals surface area contributed by atoms with Gasteiger partial charge in [-0.3, -0.25) is 9.59 Å². The van der Waals surface area contributed by atoms with Gasteiger partial charge < -0.3 is 16.4 Å². The summed E-state index contributed by atoms with van der Waals surface area (Å²) in [5, 5.41) is 5.40. The Kier molecular flexibility index (Phi) is 4.68. The number of carbonyl (C=O) groups excluding carboxylic acids is 2. The van der Waals surface area contributed by atoms with Crippen LogP contribution in [-0.2, 0) is 9.59 Å². The highest BCUT2D eigenvalue weighted by Crippen LogP contribution is 2.16. The molecule has 0 aliphatic heterocycles. The molecule has 21 heavy (non-hydrogen) atoms. The molecule has 108 valence electrons. The molecule has 2 aromatic rings. The predicted molar refractivity (Wildman–Crippen MR) is 82.7 cm³/mol. The van der Waals surface area contributed by atoms with Crippen molar-refractivity contribution >= 4 is 23.2 Å². The van der Waals surface area contributed by atoms with Gasteiger partial charge in [-0.25, -0.2) is 0 Å². The summed E-state index contributed by atoms with van der Waals surface area (Å²) in [7, 11) is 0. The monoisotopic (exact) mass is 283 g/mol. The molecule has 0 spiro atoms. The Balaban J connectivity index is 2.01. The van der Waals surface area contributed by atoms with Crippen molar-refractivity contribution in [3.63, 3.8) is 0 Å². The van der Waals surface area contributed by atoms with Crippen LogP contribution in [0.1, 0.15) is 18.5 Å².